The van der Waals surface area contributed by atoms with Crippen LogP contribution in [0.25, 0.3) is 0 Å². The van der Waals surface area contributed by atoms with E-state index in [1.165, 1.54) is 20.0 Å². The summed E-state index contributed by atoms with van der Waals surface area (Å²) in [5.41, 5.74) is -0.00933. The van der Waals surface area contributed by atoms with Gasteiger partial charge in [0, 0.05) is 0 Å². The van der Waals surface area contributed by atoms with Crippen molar-refractivity contribution < 1.29 is 14.6 Å². The molecule has 0 aliphatic heterocycles. The molecule has 0 heterocycles. The summed E-state index contributed by atoms with van der Waals surface area (Å²) in [5.74, 6) is 0.633. The van der Waals surface area contributed by atoms with Gasteiger partial charge in [-0.3, -0.25) is 4.79 Å². The van der Waals surface area contributed by atoms with Crippen molar-refractivity contribution in [1.29, 1.82) is 0 Å². The van der Waals surface area contributed by atoms with E-state index in [4.69, 9.17) is 4.74 Å². The molecule has 2 fully saturated rings. The number of hydrogen-bond acceptors (Lipinski definition) is 3. The highest BCUT2D eigenvalue weighted by Crippen LogP contribution is 2.60. The average molecular weight is 268 g/mol. The SMILES string of the molecule is CCCCCC12CC[C@H](C[C@H](O)C1C(=O)OC)[C@@H]2C. The van der Waals surface area contributed by atoms with E-state index in [0.717, 1.165) is 32.1 Å². The lowest BCUT2D eigenvalue weighted by atomic mass is 9.58. The minimum absolute atomic E-state index is 0.00933. The summed E-state index contributed by atoms with van der Waals surface area (Å²) in [4.78, 5) is 12.2. The molecule has 2 bridgehead atoms. The summed E-state index contributed by atoms with van der Waals surface area (Å²) >= 11 is 0. The van der Waals surface area contributed by atoms with Gasteiger partial charge in [-0.25, -0.2) is 0 Å². The van der Waals surface area contributed by atoms with Gasteiger partial charge in [0.15, 0.2) is 0 Å². The first-order chi connectivity index (χ1) is 9.06. The third-order valence-corrected chi connectivity index (χ3v) is 5.84. The van der Waals surface area contributed by atoms with E-state index in [2.05, 4.69) is 13.8 Å². The lowest BCUT2D eigenvalue weighted by Gasteiger charge is -2.47. The number of aliphatic hydroxyl groups is 1. The number of carbonyl (C=O) groups is 1. The van der Waals surface area contributed by atoms with Crippen LogP contribution in [0.2, 0.25) is 0 Å². The number of aliphatic hydroxyl groups excluding tert-OH is 1. The predicted octanol–water partition coefficient (Wildman–Crippen LogP) is 3.15. The topological polar surface area (TPSA) is 46.5 Å². The van der Waals surface area contributed by atoms with Gasteiger partial charge in [0.25, 0.3) is 0 Å². The van der Waals surface area contributed by atoms with Gasteiger partial charge in [-0.2, -0.15) is 0 Å². The number of carbonyl (C=O) groups excluding carboxylic acids is 1. The van der Waals surface area contributed by atoms with Crippen LogP contribution in [0.15, 0.2) is 0 Å². The van der Waals surface area contributed by atoms with Crippen molar-refractivity contribution in [2.24, 2.45) is 23.2 Å². The highest BCUT2D eigenvalue weighted by Gasteiger charge is 2.59. The third kappa shape index (κ3) is 2.42. The fraction of sp³-hybridized carbons (Fsp3) is 0.938. The quantitative estimate of drug-likeness (QED) is 0.615. The Hall–Kier alpha value is -0.570. The largest absolute Gasteiger partial charge is 0.469 e. The Labute approximate surface area is 116 Å². The zero-order valence-electron chi connectivity index (χ0n) is 12.5. The van der Waals surface area contributed by atoms with Crippen molar-refractivity contribution in [2.45, 2.75) is 64.9 Å². The number of esters is 1. The summed E-state index contributed by atoms with van der Waals surface area (Å²) < 4.78 is 4.99. The number of hydrogen-bond donors (Lipinski definition) is 1. The van der Waals surface area contributed by atoms with Crippen LogP contribution in [0.4, 0.5) is 0 Å². The van der Waals surface area contributed by atoms with Gasteiger partial charge in [-0.1, -0.05) is 33.1 Å². The lowest BCUT2D eigenvalue weighted by molar-refractivity contribution is -0.164. The molecule has 110 valence electrons. The van der Waals surface area contributed by atoms with Crippen LogP contribution < -0.4 is 0 Å². The molecule has 5 atom stereocenters. The normalized spacial score (nSPS) is 41.3. The summed E-state index contributed by atoms with van der Waals surface area (Å²) in [6, 6.07) is 0. The van der Waals surface area contributed by atoms with Crippen LogP contribution in [0.1, 0.15) is 58.8 Å². The molecule has 2 unspecified atom stereocenters. The molecule has 19 heavy (non-hydrogen) atoms. The first kappa shape index (κ1) is 14.8. The molecule has 0 aromatic carbocycles. The maximum Gasteiger partial charge on any atom is 0.311 e. The Kier molecular flexibility index (Phi) is 4.54. The second kappa shape index (κ2) is 5.82. The van der Waals surface area contributed by atoms with E-state index in [9.17, 15) is 9.90 Å². The Morgan fingerprint density at radius 2 is 2.16 bits per heavy atom. The smallest absolute Gasteiger partial charge is 0.311 e. The molecule has 0 amide bonds. The van der Waals surface area contributed by atoms with Crippen LogP contribution >= 0.6 is 0 Å². The second-order valence-corrected chi connectivity index (χ2v) is 6.58. The predicted molar refractivity (Wildman–Crippen MR) is 74.6 cm³/mol. The van der Waals surface area contributed by atoms with Crippen molar-refractivity contribution in [2.75, 3.05) is 7.11 Å². The first-order valence-electron chi connectivity index (χ1n) is 7.82. The van der Waals surface area contributed by atoms with Crippen LogP contribution in [0.5, 0.6) is 0 Å². The van der Waals surface area contributed by atoms with E-state index in [1.807, 2.05) is 0 Å². The van der Waals surface area contributed by atoms with Gasteiger partial charge < -0.3 is 9.84 Å². The van der Waals surface area contributed by atoms with Gasteiger partial charge in [-0.05, 0) is 42.9 Å². The molecule has 0 aromatic rings. The van der Waals surface area contributed by atoms with Crippen molar-refractivity contribution in [1.82, 2.24) is 0 Å². The monoisotopic (exact) mass is 268 g/mol. The first-order valence-corrected chi connectivity index (χ1v) is 7.82. The molecule has 0 saturated heterocycles. The molecule has 2 aliphatic rings. The Balaban J connectivity index is 2.23. The molecular formula is C16H28O3. The van der Waals surface area contributed by atoms with Crippen molar-refractivity contribution in [3.63, 3.8) is 0 Å². The molecule has 1 N–H and O–H groups in total. The summed E-state index contributed by atoms with van der Waals surface area (Å²) in [5, 5.41) is 10.4. The number of unbranched alkanes of at least 4 members (excludes halogenated alkanes) is 2. The molecule has 2 rings (SSSR count). The maximum absolute atomic E-state index is 12.2. The van der Waals surface area contributed by atoms with E-state index < -0.39 is 6.10 Å². The van der Waals surface area contributed by atoms with Gasteiger partial charge in [-0.15, -0.1) is 0 Å². The van der Waals surface area contributed by atoms with E-state index in [0.29, 0.717) is 11.8 Å². The summed E-state index contributed by atoms with van der Waals surface area (Å²) in [6.45, 7) is 4.48. The fourth-order valence-electron chi connectivity index (χ4n) is 4.72. The van der Waals surface area contributed by atoms with Crippen LogP contribution in [0.3, 0.4) is 0 Å². The summed E-state index contributed by atoms with van der Waals surface area (Å²) in [7, 11) is 1.44. The zero-order chi connectivity index (χ0) is 14.0. The maximum atomic E-state index is 12.2. The number of rotatable bonds is 5. The summed E-state index contributed by atoms with van der Waals surface area (Å²) in [6.07, 6.45) is 7.15. The molecular weight excluding hydrogens is 240 g/mol. The molecule has 3 heteroatoms. The fourth-order valence-corrected chi connectivity index (χ4v) is 4.72. The van der Waals surface area contributed by atoms with Crippen LogP contribution in [-0.2, 0) is 9.53 Å². The molecule has 2 aliphatic carbocycles. The minimum Gasteiger partial charge on any atom is -0.469 e. The van der Waals surface area contributed by atoms with Crippen LogP contribution in [0, 0.1) is 23.2 Å². The van der Waals surface area contributed by atoms with E-state index in [-0.39, 0.29) is 17.3 Å². The second-order valence-electron chi connectivity index (χ2n) is 6.58. The Morgan fingerprint density at radius 1 is 1.42 bits per heavy atom. The number of fused-ring (bicyclic) bond motifs is 2. The number of ether oxygens (including phenoxy) is 1. The highest BCUT2D eigenvalue weighted by molar-refractivity contribution is 5.74. The van der Waals surface area contributed by atoms with Gasteiger partial charge in [0.1, 0.15) is 0 Å². The van der Waals surface area contributed by atoms with Crippen LogP contribution in [-0.4, -0.2) is 24.3 Å². The molecule has 2 saturated carbocycles. The standard InChI is InChI=1S/C16H28O3/c1-4-5-6-8-16-9-7-12(11(16)2)10-13(17)14(16)15(18)19-3/h11-14,17H,4-10H2,1-3H3/t11-,12+,13-,14?,16?/m0/s1. The van der Waals surface area contributed by atoms with Crippen molar-refractivity contribution in [3.8, 4) is 0 Å². The van der Waals surface area contributed by atoms with Crippen molar-refractivity contribution in [3.05, 3.63) is 0 Å². The van der Waals surface area contributed by atoms with Gasteiger partial charge >= 0.3 is 5.97 Å². The molecule has 0 aromatic heterocycles. The van der Waals surface area contributed by atoms with Crippen molar-refractivity contribution >= 4 is 5.97 Å². The Bertz CT molecular complexity index is 328. The van der Waals surface area contributed by atoms with E-state index >= 15 is 0 Å². The molecule has 3 nitrogen and oxygen atoms in total. The van der Waals surface area contributed by atoms with Gasteiger partial charge in [0.2, 0.25) is 0 Å². The lowest BCUT2D eigenvalue weighted by Crippen LogP contribution is -2.50. The Morgan fingerprint density at radius 3 is 2.79 bits per heavy atom. The minimum atomic E-state index is -0.502. The van der Waals surface area contributed by atoms with Gasteiger partial charge in [0.05, 0.1) is 19.1 Å². The number of methoxy groups -OCH3 is 1. The molecule has 0 radical (unpaired) electrons. The van der Waals surface area contributed by atoms with E-state index in [1.54, 1.807) is 0 Å². The third-order valence-electron chi connectivity index (χ3n) is 5.84. The highest BCUT2D eigenvalue weighted by atomic mass is 16.5. The average Bonchev–Trinajstić information content (AvgIpc) is 2.60. The zero-order valence-corrected chi connectivity index (χ0v) is 12.5. The molecule has 0 spiro atoms.